The fourth-order valence-corrected chi connectivity index (χ4v) is 9.28. The van der Waals surface area contributed by atoms with E-state index in [0.717, 1.165) is 17.1 Å². The highest BCUT2D eigenvalue weighted by molar-refractivity contribution is 7.26. The molecule has 264 valence electrons. The highest BCUT2D eigenvalue weighted by atomic mass is 32.1. The fraction of sp³-hybridized carbons (Fsp3) is 0. The average molecular weight is 732 g/mol. The highest BCUT2D eigenvalue weighted by Crippen LogP contribution is 2.48. The number of benzene rings is 9. The Hall–Kier alpha value is -7.00. The Morgan fingerprint density at radius 2 is 0.768 bits per heavy atom. The SMILES string of the molecule is c1ccc(-c2cccc(-c3ccccc3-c3ccccc3N(c3ccc(-c4ccccc4-c4ccccc4)cc3)c3cccc4c3sc3ccccc34)c2)cc1. The van der Waals surface area contributed by atoms with E-state index in [4.69, 9.17) is 0 Å². The molecule has 2 heteroatoms. The summed E-state index contributed by atoms with van der Waals surface area (Å²) in [4.78, 5) is 2.47. The zero-order chi connectivity index (χ0) is 37.3. The third-order valence-corrected chi connectivity index (χ3v) is 11.9. The van der Waals surface area contributed by atoms with E-state index in [1.165, 1.54) is 75.8 Å². The summed E-state index contributed by atoms with van der Waals surface area (Å²) in [5.41, 5.74) is 15.4. The van der Waals surface area contributed by atoms with Gasteiger partial charge in [0.05, 0.1) is 16.1 Å². The number of rotatable bonds is 8. The molecule has 0 unspecified atom stereocenters. The zero-order valence-corrected chi connectivity index (χ0v) is 31.5. The number of anilines is 3. The van der Waals surface area contributed by atoms with E-state index in [0.29, 0.717) is 0 Å². The van der Waals surface area contributed by atoms with E-state index in [1.54, 1.807) is 0 Å². The Balaban J connectivity index is 1.16. The van der Waals surface area contributed by atoms with Gasteiger partial charge < -0.3 is 4.90 Å². The van der Waals surface area contributed by atoms with Crippen molar-refractivity contribution >= 4 is 48.6 Å². The van der Waals surface area contributed by atoms with Gasteiger partial charge in [-0.15, -0.1) is 11.3 Å². The molecule has 1 aromatic heterocycles. The summed E-state index contributed by atoms with van der Waals surface area (Å²) in [6.07, 6.45) is 0. The minimum absolute atomic E-state index is 1.10. The van der Waals surface area contributed by atoms with Gasteiger partial charge in [-0.3, -0.25) is 0 Å². The molecule has 9 aromatic carbocycles. The largest absolute Gasteiger partial charge is 0.308 e. The topological polar surface area (TPSA) is 3.24 Å². The van der Waals surface area contributed by atoms with Crippen LogP contribution in [0.15, 0.2) is 224 Å². The van der Waals surface area contributed by atoms with Crippen LogP contribution in [-0.4, -0.2) is 0 Å². The standard InChI is InChI=1S/C54H37NS/c1-3-17-38(18-4-1)41-21-15-22-42(37-41)46-25-9-10-26-47(46)48-27-11-13-30-51(48)55(52-31-16-29-50-49-28-12-14-32-53(49)56-54(50)52)43-35-33-40(34-36-43)45-24-8-7-23-44(45)39-19-5-2-6-20-39/h1-37H. The van der Waals surface area contributed by atoms with Crippen LogP contribution in [-0.2, 0) is 0 Å². The number of para-hydroxylation sites is 1. The van der Waals surface area contributed by atoms with Gasteiger partial charge >= 0.3 is 0 Å². The van der Waals surface area contributed by atoms with Crippen LogP contribution in [0.1, 0.15) is 0 Å². The molecule has 0 fully saturated rings. The molecule has 0 radical (unpaired) electrons. The molecular formula is C54H37NS. The Labute approximate surface area is 332 Å². The van der Waals surface area contributed by atoms with Gasteiger partial charge in [0.2, 0.25) is 0 Å². The van der Waals surface area contributed by atoms with E-state index in [2.05, 4.69) is 229 Å². The van der Waals surface area contributed by atoms with Crippen LogP contribution < -0.4 is 4.90 Å². The molecule has 0 amide bonds. The van der Waals surface area contributed by atoms with Crippen molar-refractivity contribution in [3.05, 3.63) is 224 Å². The van der Waals surface area contributed by atoms with Crippen molar-refractivity contribution in [2.75, 3.05) is 4.90 Å². The molecule has 0 saturated heterocycles. The van der Waals surface area contributed by atoms with Gasteiger partial charge in [0.25, 0.3) is 0 Å². The van der Waals surface area contributed by atoms with Crippen LogP contribution in [0.4, 0.5) is 17.1 Å². The molecule has 56 heavy (non-hydrogen) atoms. The summed E-state index contributed by atoms with van der Waals surface area (Å²) in [5, 5.41) is 2.57. The zero-order valence-electron chi connectivity index (χ0n) is 30.7. The van der Waals surface area contributed by atoms with Gasteiger partial charge in [0.1, 0.15) is 0 Å². The fourth-order valence-electron chi connectivity index (χ4n) is 8.07. The van der Waals surface area contributed by atoms with Gasteiger partial charge in [-0.1, -0.05) is 188 Å². The average Bonchev–Trinajstić information content (AvgIpc) is 3.67. The number of fused-ring (bicyclic) bond motifs is 3. The first-order valence-electron chi connectivity index (χ1n) is 19.1. The van der Waals surface area contributed by atoms with Crippen molar-refractivity contribution in [2.45, 2.75) is 0 Å². The monoisotopic (exact) mass is 731 g/mol. The van der Waals surface area contributed by atoms with E-state index < -0.39 is 0 Å². The lowest BCUT2D eigenvalue weighted by molar-refractivity contribution is 1.30. The Kier molecular flexibility index (Phi) is 8.79. The van der Waals surface area contributed by atoms with Gasteiger partial charge in [-0.25, -0.2) is 0 Å². The van der Waals surface area contributed by atoms with E-state index in [9.17, 15) is 0 Å². The number of hydrogen-bond donors (Lipinski definition) is 0. The third-order valence-electron chi connectivity index (χ3n) is 10.7. The van der Waals surface area contributed by atoms with E-state index in [1.807, 2.05) is 11.3 Å². The Morgan fingerprint density at radius 1 is 0.286 bits per heavy atom. The Morgan fingerprint density at radius 3 is 1.50 bits per heavy atom. The van der Waals surface area contributed by atoms with Crippen molar-refractivity contribution in [2.24, 2.45) is 0 Å². The second-order valence-electron chi connectivity index (χ2n) is 14.1. The molecule has 1 heterocycles. The van der Waals surface area contributed by atoms with Crippen LogP contribution in [0.25, 0.3) is 75.8 Å². The van der Waals surface area contributed by atoms with Gasteiger partial charge in [-0.05, 0) is 86.5 Å². The lowest BCUT2D eigenvalue weighted by Crippen LogP contribution is -2.11. The smallest absolute Gasteiger partial charge is 0.0640 e. The molecule has 0 spiro atoms. The molecule has 0 aliphatic carbocycles. The molecule has 10 aromatic rings. The summed E-state index contributed by atoms with van der Waals surface area (Å²) in [6, 6.07) is 81.3. The maximum atomic E-state index is 2.47. The summed E-state index contributed by atoms with van der Waals surface area (Å²) >= 11 is 1.87. The van der Waals surface area contributed by atoms with Crippen molar-refractivity contribution < 1.29 is 0 Å². The van der Waals surface area contributed by atoms with Crippen molar-refractivity contribution in [1.82, 2.24) is 0 Å². The molecule has 1 nitrogen and oxygen atoms in total. The van der Waals surface area contributed by atoms with Crippen LogP contribution in [0.3, 0.4) is 0 Å². The number of nitrogens with zero attached hydrogens (tertiary/aromatic N) is 1. The number of hydrogen-bond acceptors (Lipinski definition) is 2. The van der Waals surface area contributed by atoms with E-state index >= 15 is 0 Å². The lowest BCUT2D eigenvalue weighted by atomic mass is 9.91. The molecule has 0 aliphatic rings. The number of thiophene rings is 1. The summed E-state index contributed by atoms with van der Waals surface area (Å²) in [6.45, 7) is 0. The predicted molar refractivity (Wildman–Crippen MR) is 241 cm³/mol. The van der Waals surface area contributed by atoms with Crippen molar-refractivity contribution in [3.63, 3.8) is 0 Å². The van der Waals surface area contributed by atoms with E-state index in [-0.39, 0.29) is 0 Å². The normalized spacial score (nSPS) is 11.2. The third kappa shape index (κ3) is 6.17. The molecule has 0 N–H and O–H groups in total. The second-order valence-corrected chi connectivity index (χ2v) is 15.1. The van der Waals surface area contributed by atoms with Crippen LogP contribution in [0, 0.1) is 0 Å². The summed E-state index contributed by atoms with van der Waals surface area (Å²) in [5.74, 6) is 0. The lowest BCUT2D eigenvalue weighted by Gasteiger charge is -2.29. The van der Waals surface area contributed by atoms with Gasteiger partial charge in [0, 0.05) is 26.7 Å². The first-order valence-corrected chi connectivity index (χ1v) is 19.9. The van der Waals surface area contributed by atoms with Gasteiger partial charge in [0.15, 0.2) is 0 Å². The summed E-state index contributed by atoms with van der Waals surface area (Å²) < 4.78 is 2.56. The van der Waals surface area contributed by atoms with Crippen molar-refractivity contribution in [1.29, 1.82) is 0 Å². The minimum Gasteiger partial charge on any atom is -0.308 e. The first kappa shape index (κ1) is 33.6. The Bertz CT molecular complexity index is 2960. The first-order chi connectivity index (χ1) is 27.8. The molecule has 0 saturated carbocycles. The van der Waals surface area contributed by atoms with Crippen molar-refractivity contribution in [3.8, 4) is 55.6 Å². The molecule has 10 rings (SSSR count). The highest BCUT2D eigenvalue weighted by Gasteiger charge is 2.22. The molecular weight excluding hydrogens is 695 g/mol. The van der Waals surface area contributed by atoms with Crippen LogP contribution >= 0.6 is 11.3 Å². The molecule has 0 bridgehead atoms. The minimum atomic E-state index is 1.10. The molecule has 0 atom stereocenters. The van der Waals surface area contributed by atoms with Gasteiger partial charge in [-0.2, -0.15) is 0 Å². The maximum Gasteiger partial charge on any atom is 0.0640 e. The maximum absolute atomic E-state index is 2.47. The van der Waals surface area contributed by atoms with Crippen LogP contribution in [0.2, 0.25) is 0 Å². The second kappa shape index (κ2) is 14.7. The molecule has 0 aliphatic heterocycles. The van der Waals surface area contributed by atoms with Crippen LogP contribution in [0.5, 0.6) is 0 Å². The predicted octanol–water partition coefficient (Wildman–Crippen LogP) is 15.9. The quantitative estimate of drug-likeness (QED) is 0.150. The summed E-state index contributed by atoms with van der Waals surface area (Å²) in [7, 11) is 0.